The molecule has 0 radical (unpaired) electrons. The number of anilines is 1. The summed E-state index contributed by atoms with van der Waals surface area (Å²) in [5.41, 5.74) is 1.08. The fourth-order valence-electron chi connectivity index (χ4n) is 1.95. The maximum atomic E-state index is 12.0. The molecule has 5 nitrogen and oxygen atoms in total. The van der Waals surface area contributed by atoms with Gasteiger partial charge in [-0.15, -0.1) is 11.8 Å². The molecule has 0 heterocycles. The third kappa shape index (κ3) is 5.31. The van der Waals surface area contributed by atoms with E-state index in [1.807, 2.05) is 31.2 Å². The molecule has 0 saturated heterocycles. The van der Waals surface area contributed by atoms with Gasteiger partial charge in [0.2, 0.25) is 5.91 Å². The fraction of sp³-hybridized carbons (Fsp3) is 0.222. The van der Waals surface area contributed by atoms with E-state index < -0.39 is 5.97 Å². The van der Waals surface area contributed by atoms with Gasteiger partial charge < -0.3 is 14.8 Å². The monoisotopic (exact) mass is 345 g/mol. The minimum atomic E-state index is -0.404. The molecule has 2 rings (SSSR count). The number of benzene rings is 2. The molecule has 0 aliphatic heterocycles. The van der Waals surface area contributed by atoms with E-state index in [0.717, 1.165) is 10.6 Å². The van der Waals surface area contributed by atoms with Crippen LogP contribution < -0.4 is 10.1 Å². The molecule has 126 valence electrons. The summed E-state index contributed by atoms with van der Waals surface area (Å²) in [6.45, 7) is 2.56. The minimum absolute atomic E-state index is 0.111. The number of hydrogen-bond acceptors (Lipinski definition) is 5. The van der Waals surface area contributed by atoms with Gasteiger partial charge in [0.05, 0.1) is 25.0 Å². The maximum Gasteiger partial charge on any atom is 0.337 e. The quantitative estimate of drug-likeness (QED) is 0.613. The van der Waals surface area contributed by atoms with Gasteiger partial charge in [0.1, 0.15) is 5.75 Å². The van der Waals surface area contributed by atoms with Crippen LogP contribution in [0.25, 0.3) is 0 Å². The van der Waals surface area contributed by atoms with Crippen molar-refractivity contribution in [2.75, 3.05) is 24.8 Å². The number of esters is 1. The molecule has 2 aromatic carbocycles. The normalized spacial score (nSPS) is 10.1. The molecule has 0 aliphatic rings. The Morgan fingerprint density at radius 2 is 1.71 bits per heavy atom. The summed E-state index contributed by atoms with van der Waals surface area (Å²) in [5.74, 6) is 0.600. The minimum Gasteiger partial charge on any atom is -0.494 e. The van der Waals surface area contributed by atoms with Crippen molar-refractivity contribution in [2.45, 2.75) is 11.8 Å². The lowest BCUT2D eigenvalue weighted by Gasteiger charge is -2.07. The molecule has 24 heavy (non-hydrogen) atoms. The van der Waals surface area contributed by atoms with Gasteiger partial charge in [0, 0.05) is 10.6 Å². The zero-order valence-corrected chi connectivity index (χ0v) is 14.4. The van der Waals surface area contributed by atoms with E-state index in [0.29, 0.717) is 23.6 Å². The SMILES string of the molecule is CCOc1ccc(SCC(=O)Nc2ccc(C(=O)OC)cc2)cc1. The summed E-state index contributed by atoms with van der Waals surface area (Å²) in [6.07, 6.45) is 0. The summed E-state index contributed by atoms with van der Waals surface area (Å²) in [7, 11) is 1.33. The van der Waals surface area contributed by atoms with Gasteiger partial charge in [0.15, 0.2) is 0 Å². The number of thioether (sulfide) groups is 1. The Balaban J connectivity index is 1.83. The molecule has 0 unspecified atom stereocenters. The van der Waals surface area contributed by atoms with Crippen LogP contribution in [0.1, 0.15) is 17.3 Å². The van der Waals surface area contributed by atoms with Crippen LogP contribution in [0, 0.1) is 0 Å². The standard InChI is InChI=1S/C18H19NO4S/c1-3-23-15-8-10-16(11-9-15)24-12-17(20)19-14-6-4-13(5-7-14)18(21)22-2/h4-11H,3,12H2,1-2H3,(H,19,20). The Morgan fingerprint density at radius 3 is 2.29 bits per heavy atom. The Kier molecular flexibility index (Phi) is 6.69. The first-order valence-corrected chi connectivity index (χ1v) is 8.45. The van der Waals surface area contributed by atoms with Gasteiger partial charge in [-0.05, 0) is 55.5 Å². The van der Waals surface area contributed by atoms with E-state index in [2.05, 4.69) is 10.1 Å². The van der Waals surface area contributed by atoms with Crippen LogP contribution >= 0.6 is 11.8 Å². The first-order chi connectivity index (χ1) is 11.6. The van der Waals surface area contributed by atoms with Gasteiger partial charge in [-0.1, -0.05) is 0 Å². The topological polar surface area (TPSA) is 64.6 Å². The van der Waals surface area contributed by atoms with Crippen molar-refractivity contribution in [1.82, 2.24) is 0 Å². The van der Waals surface area contributed by atoms with Crippen molar-refractivity contribution in [3.63, 3.8) is 0 Å². The number of carbonyl (C=O) groups excluding carboxylic acids is 2. The summed E-state index contributed by atoms with van der Waals surface area (Å²) >= 11 is 1.44. The second kappa shape index (κ2) is 8.98. The highest BCUT2D eigenvalue weighted by Crippen LogP contribution is 2.21. The fourth-order valence-corrected chi connectivity index (χ4v) is 2.65. The summed E-state index contributed by atoms with van der Waals surface area (Å²) in [6, 6.07) is 14.2. The number of amides is 1. The Bertz CT molecular complexity index is 683. The third-order valence-corrected chi connectivity index (χ3v) is 4.11. The molecule has 0 saturated carbocycles. The van der Waals surface area contributed by atoms with Crippen molar-refractivity contribution in [1.29, 1.82) is 0 Å². The van der Waals surface area contributed by atoms with Crippen molar-refractivity contribution >= 4 is 29.3 Å². The van der Waals surface area contributed by atoms with Crippen molar-refractivity contribution < 1.29 is 19.1 Å². The maximum absolute atomic E-state index is 12.0. The van der Waals surface area contributed by atoms with Crippen LogP contribution in [-0.2, 0) is 9.53 Å². The molecule has 0 aromatic heterocycles. The predicted octanol–water partition coefficient (Wildman–Crippen LogP) is 3.60. The molecule has 0 atom stereocenters. The van der Waals surface area contributed by atoms with E-state index in [9.17, 15) is 9.59 Å². The second-order valence-electron chi connectivity index (χ2n) is 4.81. The molecule has 1 amide bonds. The molecule has 0 spiro atoms. The highest BCUT2D eigenvalue weighted by Gasteiger charge is 2.07. The van der Waals surface area contributed by atoms with Crippen LogP contribution in [0.15, 0.2) is 53.4 Å². The summed E-state index contributed by atoms with van der Waals surface area (Å²) in [5, 5.41) is 2.79. The molecule has 0 fully saturated rings. The van der Waals surface area contributed by atoms with Crippen molar-refractivity contribution in [2.24, 2.45) is 0 Å². The van der Waals surface area contributed by atoms with E-state index in [-0.39, 0.29) is 5.91 Å². The van der Waals surface area contributed by atoms with Crippen LogP contribution in [0.3, 0.4) is 0 Å². The second-order valence-corrected chi connectivity index (χ2v) is 5.86. The lowest BCUT2D eigenvalue weighted by atomic mass is 10.2. The highest BCUT2D eigenvalue weighted by atomic mass is 32.2. The van der Waals surface area contributed by atoms with Crippen LogP contribution in [0.2, 0.25) is 0 Å². The average molecular weight is 345 g/mol. The van der Waals surface area contributed by atoms with E-state index in [1.54, 1.807) is 24.3 Å². The zero-order chi connectivity index (χ0) is 17.4. The van der Waals surface area contributed by atoms with Crippen molar-refractivity contribution in [3.05, 3.63) is 54.1 Å². The van der Waals surface area contributed by atoms with Gasteiger partial charge >= 0.3 is 5.97 Å². The van der Waals surface area contributed by atoms with Gasteiger partial charge in [-0.25, -0.2) is 4.79 Å². The molecule has 6 heteroatoms. The van der Waals surface area contributed by atoms with Gasteiger partial charge in [-0.3, -0.25) is 4.79 Å². The third-order valence-electron chi connectivity index (χ3n) is 3.09. The molecule has 1 N–H and O–H groups in total. The number of rotatable bonds is 7. The lowest BCUT2D eigenvalue weighted by molar-refractivity contribution is -0.113. The van der Waals surface area contributed by atoms with E-state index in [4.69, 9.17) is 4.74 Å². The molecular formula is C18H19NO4S. The Hall–Kier alpha value is -2.47. The van der Waals surface area contributed by atoms with Gasteiger partial charge in [-0.2, -0.15) is 0 Å². The molecule has 2 aromatic rings. The lowest BCUT2D eigenvalue weighted by Crippen LogP contribution is -2.14. The average Bonchev–Trinajstić information content (AvgIpc) is 2.61. The molecule has 0 bridgehead atoms. The van der Waals surface area contributed by atoms with Crippen LogP contribution in [0.4, 0.5) is 5.69 Å². The van der Waals surface area contributed by atoms with Crippen molar-refractivity contribution in [3.8, 4) is 5.75 Å². The van der Waals surface area contributed by atoms with Crippen LogP contribution in [-0.4, -0.2) is 31.3 Å². The van der Waals surface area contributed by atoms with Crippen LogP contribution in [0.5, 0.6) is 5.75 Å². The number of carbonyl (C=O) groups is 2. The smallest absolute Gasteiger partial charge is 0.337 e. The van der Waals surface area contributed by atoms with E-state index in [1.165, 1.54) is 18.9 Å². The number of ether oxygens (including phenoxy) is 2. The molecular weight excluding hydrogens is 326 g/mol. The highest BCUT2D eigenvalue weighted by molar-refractivity contribution is 8.00. The van der Waals surface area contributed by atoms with E-state index >= 15 is 0 Å². The first-order valence-electron chi connectivity index (χ1n) is 7.46. The number of nitrogens with one attached hydrogen (secondary N) is 1. The zero-order valence-electron chi connectivity index (χ0n) is 13.6. The Morgan fingerprint density at radius 1 is 1.04 bits per heavy atom. The Labute approximate surface area is 145 Å². The number of hydrogen-bond donors (Lipinski definition) is 1. The first kappa shape index (κ1) is 17.9. The predicted molar refractivity (Wildman–Crippen MR) is 94.7 cm³/mol. The largest absolute Gasteiger partial charge is 0.494 e. The number of methoxy groups -OCH3 is 1. The summed E-state index contributed by atoms with van der Waals surface area (Å²) < 4.78 is 10.0. The summed E-state index contributed by atoms with van der Waals surface area (Å²) in [4.78, 5) is 24.3. The van der Waals surface area contributed by atoms with Gasteiger partial charge in [0.25, 0.3) is 0 Å². The molecule has 0 aliphatic carbocycles.